The zero-order chi connectivity index (χ0) is 16.1. The van der Waals surface area contributed by atoms with E-state index in [1.165, 1.54) is 11.1 Å². The van der Waals surface area contributed by atoms with E-state index in [4.69, 9.17) is 4.74 Å². The zero-order valence-electron chi connectivity index (χ0n) is 13.3. The van der Waals surface area contributed by atoms with Gasteiger partial charge < -0.3 is 15.4 Å². The van der Waals surface area contributed by atoms with Gasteiger partial charge in [0.1, 0.15) is 12.4 Å². The first-order valence-corrected chi connectivity index (χ1v) is 8.01. The molecule has 1 atom stereocenters. The molecule has 23 heavy (non-hydrogen) atoms. The summed E-state index contributed by atoms with van der Waals surface area (Å²) < 4.78 is 5.68. The quantitative estimate of drug-likeness (QED) is 0.912. The molecule has 1 heterocycles. The Morgan fingerprint density at radius 2 is 2.09 bits per heavy atom. The second-order valence-corrected chi connectivity index (χ2v) is 5.96. The Balaban J connectivity index is 1.43. The summed E-state index contributed by atoms with van der Waals surface area (Å²) in [4.78, 5) is 12.0. The molecule has 0 radical (unpaired) electrons. The van der Waals surface area contributed by atoms with Crippen LogP contribution in [0, 0.1) is 6.92 Å². The molecule has 0 unspecified atom stereocenters. The van der Waals surface area contributed by atoms with Crippen molar-refractivity contribution in [2.24, 2.45) is 0 Å². The van der Waals surface area contributed by atoms with Crippen molar-refractivity contribution < 1.29 is 9.53 Å². The summed E-state index contributed by atoms with van der Waals surface area (Å²) in [7, 11) is 0. The predicted octanol–water partition coefficient (Wildman–Crippen LogP) is 2.84. The Hall–Kier alpha value is -2.49. The van der Waals surface area contributed by atoms with Crippen LogP contribution in [0.2, 0.25) is 0 Å². The highest BCUT2D eigenvalue weighted by Crippen LogP contribution is 2.23. The largest absolute Gasteiger partial charge is 0.491 e. The van der Waals surface area contributed by atoms with Crippen LogP contribution in [-0.2, 0) is 12.8 Å². The van der Waals surface area contributed by atoms with Crippen molar-refractivity contribution in [1.82, 2.24) is 10.6 Å². The lowest BCUT2D eigenvalue weighted by atomic mass is 10.0. The lowest BCUT2D eigenvalue weighted by Crippen LogP contribution is -2.47. The van der Waals surface area contributed by atoms with Gasteiger partial charge in [0.2, 0.25) is 0 Å². The van der Waals surface area contributed by atoms with E-state index in [-0.39, 0.29) is 12.1 Å². The second-order valence-electron chi connectivity index (χ2n) is 5.96. The molecule has 3 rings (SSSR count). The minimum atomic E-state index is -0.134. The minimum absolute atomic E-state index is 0.0175. The van der Waals surface area contributed by atoms with Gasteiger partial charge in [0, 0.05) is 6.54 Å². The summed E-state index contributed by atoms with van der Waals surface area (Å²) in [6.45, 7) is 3.21. The number of amides is 2. The van der Waals surface area contributed by atoms with E-state index in [2.05, 4.69) is 35.8 Å². The molecule has 0 saturated carbocycles. The van der Waals surface area contributed by atoms with Gasteiger partial charge in [0.05, 0.1) is 6.04 Å². The van der Waals surface area contributed by atoms with Crippen molar-refractivity contribution in [3.05, 3.63) is 65.2 Å². The molecule has 4 nitrogen and oxygen atoms in total. The van der Waals surface area contributed by atoms with Gasteiger partial charge in [-0.1, -0.05) is 48.0 Å². The summed E-state index contributed by atoms with van der Waals surface area (Å²) in [5, 5.41) is 5.90. The van der Waals surface area contributed by atoms with Crippen LogP contribution in [0.4, 0.5) is 4.79 Å². The fourth-order valence-electron chi connectivity index (χ4n) is 2.85. The van der Waals surface area contributed by atoms with Crippen LogP contribution < -0.4 is 15.4 Å². The number of aryl methyl sites for hydroxylation is 1. The van der Waals surface area contributed by atoms with Gasteiger partial charge >= 0.3 is 6.03 Å². The van der Waals surface area contributed by atoms with E-state index < -0.39 is 0 Å². The third-order valence-corrected chi connectivity index (χ3v) is 4.00. The zero-order valence-corrected chi connectivity index (χ0v) is 13.3. The second kappa shape index (κ2) is 7.18. The molecule has 1 aliphatic heterocycles. The standard InChI is InChI=1S/C19H22N2O2/c1-14-5-4-6-15(11-14)9-10-20-19(22)21-17-12-16-7-2-3-8-18(16)23-13-17/h2-8,11,17H,9-10,12-13H2,1H3,(H2,20,21,22)/t17-/m1/s1. The maximum absolute atomic E-state index is 12.0. The first-order chi connectivity index (χ1) is 11.2. The lowest BCUT2D eigenvalue weighted by Gasteiger charge is -2.26. The third kappa shape index (κ3) is 4.25. The number of fused-ring (bicyclic) bond motifs is 1. The molecule has 2 aromatic rings. The molecule has 0 bridgehead atoms. The Morgan fingerprint density at radius 1 is 1.22 bits per heavy atom. The van der Waals surface area contributed by atoms with Gasteiger partial charge in [0.15, 0.2) is 0 Å². The van der Waals surface area contributed by atoms with Crippen molar-refractivity contribution in [2.75, 3.05) is 13.2 Å². The van der Waals surface area contributed by atoms with Gasteiger partial charge in [-0.05, 0) is 37.0 Å². The van der Waals surface area contributed by atoms with Gasteiger partial charge in [-0.15, -0.1) is 0 Å². The smallest absolute Gasteiger partial charge is 0.315 e. The number of carbonyl (C=O) groups is 1. The first-order valence-electron chi connectivity index (χ1n) is 8.01. The van der Waals surface area contributed by atoms with Crippen molar-refractivity contribution in [2.45, 2.75) is 25.8 Å². The highest BCUT2D eigenvalue weighted by Gasteiger charge is 2.20. The molecule has 1 aliphatic rings. The first kappa shape index (κ1) is 15.4. The van der Waals surface area contributed by atoms with E-state index in [1.54, 1.807) is 0 Å². The molecule has 120 valence electrons. The maximum atomic E-state index is 12.0. The average molecular weight is 310 g/mol. The number of carbonyl (C=O) groups excluding carboxylic acids is 1. The number of nitrogens with one attached hydrogen (secondary N) is 2. The number of benzene rings is 2. The number of para-hydroxylation sites is 1. The highest BCUT2D eigenvalue weighted by molar-refractivity contribution is 5.74. The number of hydrogen-bond donors (Lipinski definition) is 2. The van der Waals surface area contributed by atoms with E-state index in [1.807, 2.05) is 30.3 Å². The predicted molar refractivity (Wildman–Crippen MR) is 90.8 cm³/mol. The average Bonchev–Trinajstić information content (AvgIpc) is 2.55. The monoisotopic (exact) mass is 310 g/mol. The molecule has 2 N–H and O–H groups in total. The van der Waals surface area contributed by atoms with Gasteiger partial charge in [-0.2, -0.15) is 0 Å². The van der Waals surface area contributed by atoms with Crippen LogP contribution in [0.1, 0.15) is 16.7 Å². The molecule has 2 amide bonds. The van der Waals surface area contributed by atoms with Crippen LogP contribution in [0.5, 0.6) is 5.75 Å². The van der Waals surface area contributed by atoms with Gasteiger partial charge in [-0.25, -0.2) is 4.79 Å². The van der Waals surface area contributed by atoms with E-state index in [9.17, 15) is 4.79 Å². The number of hydrogen-bond acceptors (Lipinski definition) is 2. The third-order valence-electron chi connectivity index (χ3n) is 4.00. The van der Waals surface area contributed by atoms with Crippen LogP contribution >= 0.6 is 0 Å². The molecule has 4 heteroatoms. The van der Waals surface area contributed by atoms with Crippen molar-refractivity contribution >= 4 is 6.03 Å². The van der Waals surface area contributed by atoms with Crippen LogP contribution in [0.3, 0.4) is 0 Å². The molecule has 0 fully saturated rings. The summed E-state index contributed by atoms with van der Waals surface area (Å²) in [5.41, 5.74) is 3.62. The van der Waals surface area contributed by atoms with E-state index in [0.717, 1.165) is 24.2 Å². The topological polar surface area (TPSA) is 50.4 Å². The van der Waals surface area contributed by atoms with Crippen molar-refractivity contribution in [3.8, 4) is 5.75 Å². The van der Waals surface area contributed by atoms with Crippen molar-refractivity contribution in [3.63, 3.8) is 0 Å². The summed E-state index contributed by atoms with van der Waals surface area (Å²) in [6.07, 6.45) is 1.64. The molecule has 2 aromatic carbocycles. The Labute approximate surface area is 136 Å². The van der Waals surface area contributed by atoms with Gasteiger partial charge in [0.25, 0.3) is 0 Å². The van der Waals surface area contributed by atoms with Crippen LogP contribution in [-0.4, -0.2) is 25.2 Å². The highest BCUT2D eigenvalue weighted by atomic mass is 16.5. The van der Waals surface area contributed by atoms with E-state index in [0.29, 0.717) is 13.2 Å². The van der Waals surface area contributed by atoms with Crippen LogP contribution in [0.25, 0.3) is 0 Å². The lowest BCUT2D eigenvalue weighted by molar-refractivity contribution is 0.214. The fraction of sp³-hybridized carbons (Fsp3) is 0.316. The molecular formula is C19H22N2O2. The normalized spacial score (nSPS) is 16.1. The number of urea groups is 1. The minimum Gasteiger partial charge on any atom is -0.491 e. The molecule has 0 spiro atoms. The van der Waals surface area contributed by atoms with E-state index >= 15 is 0 Å². The SMILES string of the molecule is Cc1cccc(CCNC(=O)N[C@H]2COc3ccccc3C2)c1. The summed E-state index contributed by atoms with van der Waals surface area (Å²) in [5.74, 6) is 0.922. The summed E-state index contributed by atoms with van der Waals surface area (Å²) >= 11 is 0. The van der Waals surface area contributed by atoms with Crippen LogP contribution in [0.15, 0.2) is 48.5 Å². The fourth-order valence-corrected chi connectivity index (χ4v) is 2.85. The number of rotatable bonds is 4. The summed E-state index contributed by atoms with van der Waals surface area (Å²) in [6, 6.07) is 16.2. The maximum Gasteiger partial charge on any atom is 0.315 e. The Morgan fingerprint density at radius 3 is 2.96 bits per heavy atom. The molecule has 0 aromatic heterocycles. The molecular weight excluding hydrogens is 288 g/mol. The van der Waals surface area contributed by atoms with Gasteiger partial charge in [-0.3, -0.25) is 0 Å². The number of ether oxygens (including phenoxy) is 1. The molecule has 0 saturated heterocycles. The Kier molecular flexibility index (Phi) is 4.81. The van der Waals surface area contributed by atoms with Crippen molar-refractivity contribution in [1.29, 1.82) is 0 Å². The molecule has 0 aliphatic carbocycles. The Bertz CT molecular complexity index is 685.